The van der Waals surface area contributed by atoms with Gasteiger partial charge in [-0.25, -0.2) is 4.79 Å². The minimum Gasteiger partial charge on any atom is -0.493 e. The summed E-state index contributed by atoms with van der Waals surface area (Å²) in [5, 5.41) is 9.84. The molecule has 0 saturated carbocycles. The lowest BCUT2D eigenvalue weighted by Crippen LogP contribution is -2.28. The van der Waals surface area contributed by atoms with Crippen LogP contribution in [0.1, 0.15) is 49.3 Å². The fraction of sp³-hybridized carbons (Fsp3) is 0.267. The van der Waals surface area contributed by atoms with Crippen LogP contribution in [-0.2, 0) is 4.79 Å². The summed E-state index contributed by atoms with van der Waals surface area (Å²) in [6.07, 6.45) is -0.841. The lowest BCUT2D eigenvalue weighted by Gasteiger charge is -2.27. The molecule has 8 nitrogen and oxygen atoms in total. The molecule has 0 saturated heterocycles. The van der Waals surface area contributed by atoms with Crippen molar-refractivity contribution >= 4 is 5.97 Å². The summed E-state index contributed by atoms with van der Waals surface area (Å²) >= 11 is 0. The Labute approximate surface area is 222 Å². The molecule has 0 aromatic heterocycles. The van der Waals surface area contributed by atoms with Crippen LogP contribution in [0.15, 0.2) is 72.1 Å². The molecule has 2 atom stereocenters. The number of hydrogen-bond acceptors (Lipinski definition) is 8. The van der Waals surface area contributed by atoms with Gasteiger partial charge in [-0.1, -0.05) is 38.1 Å². The molecule has 4 rings (SSSR count). The van der Waals surface area contributed by atoms with E-state index in [4.69, 9.17) is 29.4 Å². The van der Waals surface area contributed by atoms with Crippen molar-refractivity contribution in [1.82, 2.24) is 0 Å². The number of nitrogens with zero attached hydrogens (tertiary/aromatic N) is 1. The second kappa shape index (κ2) is 11.2. The molecule has 0 aliphatic carbocycles. The van der Waals surface area contributed by atoms with Crippen LogP contribution in [0.4, 0.5) is 0 Å². The maximum absolute atomic E-state index is 12.7. The molecule has 3 aromatic carbocycles. The van der Waals surface area contributed by atoms with Crippen LogP contribution in [0.25, 0.3) is 0 Å². The zero-order valence-corrected chi connectivity index (χ0v) is 22.0. The third-order valence-electron chi connectivity index (χ3n) is 6.34. The fourth-order valence-electron chi connectivity index (χ4n) is 4.26. The molecule has 2 unspecified atom stereocenters. The number of carbonyl (C=O) groups is 1. The van der Waals surface area contributed by atoms with E-state index in [1.807, 2.05) is 30.3 Å². The molecule has 0 radical (unpaired) electrons. The third kappa shape index (κ3) is 5.37. The van der Waals surface area contributed by atoms with Gasteiger partial charge in [0, 0.05) is 11.6 Å². The molecule has 196 valence electrons. The minimum absolute atomic E-state index is 0.0233. The van der Waals surface area contributed by atoms with E-state index >= 15 is 0 Å². The number of esters is 1. The molecule has 8 heteroatoms. The van der Waals surface area contributed by atoms with Crippen molar-refractivity contribution < 1.29 is 28.5 Å². The van der Waals surface area contributed by atoms with E-state index in [1.165, 1.54) is 5.56 Å². The number of carbonyl (C=O) groups excluding carboxylic acids is 1. The Morgan fingerprint density at radius 3 is 2.26 bits per heavy atom. The molecular formula is C30H30N2O6. The zero-order chi connectivity index (χ0) is 27.4. The van der Waals surface area contributed by atoms with Crippen molar-refractivity contribution in [2.45, 2.75) is 38.7 Å². The number of ether oxygens (including phenoxy) is 5. The number of nitrogens with two attached hydrogens (primary N) is 1. The predicted octanol–water partition coefficient (Wildman–Crippen LogP) is 5.42. The predicted molar refractivity (Wildman–Crippen MR) is 142 cm³/mol. The van der Waals surface area contributed by atoms with Crippen LogP contribution < -0.4 is 29.4 Å². The van der Waals surface area contributed by atoms with Gasteiger partial charge in [0.1, 0.15) is 28.9 Å². The lowest BCUT2D eigenvalue weighted by atomic mass is 9.83. The molecular weight excluding hydrogens is 484 g/mol. The van der Waals surface area contributed by atoms with Gasteiger partial charge in [0.2, 0.25) is 5.88 Å². The second-order valence-electron chi connectivity index (χ2n) is 9.14. The van der Waals surface area contributed by atoms with Crippen molar-refractivity contribution in [1.29, 1.82) is 5.26 Å². The largest absolute Gasteiger partial charge is 0.493 e. The normalized spacial score (nSPS) is 15.1. The summed E-state index contributed by atoms with van der Waals surface area (Å²) in [6.45, 7) is 5.85. The van der Waals surface area contributed by atoms with Crippen molar-refractivity contribution in [2.75, 3.05) is 14.2 Å². The highest BCUT2D eigenvalue weighted by atomic mass is 16.6. The molecule has 1 aliphatic rings. The van der Waals surface area contributed by atoms with Gasteiger partial charge in [0.15, 0.2) is 17.6 Å². The van der Waals surface area contributed by atoms with Gasteiger partial charge in [-0.15, -0.1) is 0 Å². The molecule has 0 fully saturated rings. The Kier molecular flexibility index (Phi) is 7.77. The summed E-state index contributed by atoms with van der Waals surface area (Å²) < 4.78 is 27.9. The van der Waals surface area contributed by atoms with Crippen LogP contribution in [-0.4, -0.2) is 26.3 Å². The molecule has 1 aliphatic heterocycles. The molecule has 1 heterocycles. The first-order valence-electron chi connectivity index (χ1n) is 12.2. The summed E-state index contributed by atoms with van der Waals surface area (Å²) in [6, 6.07) is 20.2. The molecule has 0 bridgehead atoms. The first-order chi connectivity index (χ1) is 18.2. The maximum atomic E-state index is 12.7. The zero-order valence-electron chi connectivity index (χ0n) is 22.0. The molecule has 2 N–H and O–H groups in total. The van der Waals surface area contributed by atoms with E-state index in [1.54, 1.807) is 51.5 Å². The molecule has 0 amide bonds. The van der Waals surface area contributed by atoms with Crippen LogP contribution in [0, 0.1) is 11.3 Å². The fourth-order valence-corrected chi connectivity index (χ4v) is 4.26. The maximum Gasteiger partial charge on any atom is 0.352 e. The van der Waals surface area contributed by atoms with Crippen molar-refractivity contribution in [3.05, 3.63) is 88.8 Å². The Bertz CT molecular complexity index is 1410. The number of fused-ring (bicyclic) bond motifs is 1. The summed E-state index contributed by atoms with van der Waals surface area (Å²) in [5.41, 5.74) is 9.03. The van der Waals surface area contributed by atoms with Crippen LogP contribution >= 0.6 is 0 Å². The van der Waals surface area contributed by atoms with E-state index in [-0.39, 0.29) is 17.2 Å². The van der Waals surface area contributed by atoms with Crippen molar-refractivity contribution in [3.8, 4) is 34.8 Å². The number of nitriles is 1. The highest BCUT2D eigenvalue weighted by molar-refractivity contribution is 5.77. The number of allylic oxidation sites excluding steroid dienone is 1. The van der Waals surface area contributed by atoms with Crippen LogP contribution in [0.5, 0.6) is 28.7 Å². The van der Waals surface area contributed by atoms with E-state index in [9.17, 15) is 10.1 Å². The smallest absolute Gasteiger partial charge is 0.352 e. The Morgan fingerprint density at radius 1 is 0.947 bits per heavy atom. The topological polar surface area (TPSA) is 113 Å². The second-order valence-corrected chi connectivity index (χ2v) is 9.14. The molecule has 0 spiro atoms. The highest BCUT2D eigenvalue weighted by Gasteiger charge is 2.32. The highest BCUT2D eigenvalue weighted by Crippen LogP contribution is 2.45. The molecule has 3 aromatic rings. The first-order valence-corrected chi connectivity index (χ1v) is 12.2. The SMILES string of the molecule is COc1ccc(C2C(C#N)=C(N)Oc3cc(OC(=O)C(C)Oc4ccc(C(C)C)cc4)ccc32)cc1OC. The Morgan fingerprint density at radius 2 is 1.63 bits per heavy atom. The quantitative estimate of drug-likeness (QED) is 0.313. The van der Waals surface area contributed by atoms with Gasteiger partial charge < -0.3 is 29.4 Å². The summed E-state index contributed by atoms with van der Waals surface area (Å²) in [4.78, 5) is 12.7. The van der Waals surface area contributed by atoms with Gasteiger partial charge in [-0.3, -0.25) is 0 Å². The van der Waals surface area contributed by atoms with E-state index in [0.29, 0.717) is 34.5 Å². The number of rotatable bonds is 8. The van der Waals surface area contributed by atoms with E-state index in [2.05, 4.69) is 19.9 Å². The Balaban J connectivity index is 1.56. The number of methoxy groups -OCH3 is 2. The number of hydrogen-bond donors (Lipinski definition) is 1. The van der Waals surface area contributed by atoms with Crippen molar-refractivity contribution in [2.24, 2.45) is 5.73 Å². The van der Waals surface area contributed by atoms with Gasteiger partial charge >= 0.3 is 5.97 Å². The Hall–Kier alpha value is -4.64. The summed E-state index contributed by atoms with van der Waals surface area (Å²) in [5.74, 6) is 1.61. The van der Waals surface area contributed by atoms with Crippen molar-refractivity contribution in [3.63, 3.8) is 0 Å². The average molecular weight is 515 g/mol. The monoisotopic (exact) mass is 514 g/mol. The molecule has 38 heavy (non-hydrogen) atoms. The van der Waals surface area contributed by atoms with Gasteiger partial charge in [-0.05, 0) is 54.3 Å². The van der Waals surface area contributed by atoms with Crippen LogP contribution in [0.2, 0.25) is 0 Å². The third-order valence-corrected chi connectivity index (χ3v) is 6.34. The van der Waals surface area contributed by atoms with Gasteiger partial charge in [0.25, 0.3) is 0 Å². The average Bonchev–Trinajstić information content (AvgIpc) is 2.92. The number of benzene rings is 3. The first kappa shape index (κ1) is 26.4. The van der Waals surface area contributed by atoms with E-state index in [0.717, 1.165) is 5.56 Å². The van der Waals surface area contributed by atoms with E-state index < -0.39 is 18.0 Å². The van der Waals surface area contributed by atoms with Gasteiger partial charge in [-0.2, -0.15) is 5.26 Å². The minimum atomic E-state index is -0.841. The standard InChI is InChI=1S/C30H30N2O6/c1-17(2)19-6-9-21(10-7-19)36-18(3)30(33)37-22-11-12-23-26(15-22)38-29(32)24(16-31)28(23)20-8-13-25(34-4)27(14-20)35-5/h6-15,17-18,28H,32H2,1-5H3. The lowest BCUT2D eigenvalue weighted by molar-refractivity contribution is -0.141. The van der Waals surface area contributed by atoms with Crippen LogP contribution in [0.3, 0.4) is 0 Å². The van der Waals surface area contributed by atoms with Gasteiger partial charge in [0.05, 0.1) is 20.1 Å². The summed E-state index contributed by atoms with van der Waals surface area (Å²) in [7, 11) is 3.10.